The number of nitrogens with one attached hydrogen (secondary N) is 1. The van der Waals surface area contributed by atoms with Crippen LogP contribution < -0.4 is 5.32 Å². The molecule has 6 nitrogen and oxygen atoms in total. The summed E-state index contributed by atoms with van der Waals surface area (Å²) in [5, 5.41) is 11.8. The Bertz CT molecular complexity index is 629. The topological polar surface area (TPSA) is 86.7 Å². The number of carboxylic acid groups (broad SMARTS) is 1. The number of amides is 2. The van der Waals surface area contributed by atoms with Crippen LogP contribution in [0.4, 0.5) is 0 Å². The van der Waals surface area contributed by atoms with E-state index in [-0.39, 0.29) is 17.9 Å². The van der Waals surface area contributed by atoms with Gasteiger partial charge in [0.05, 0.1) is 5.92 Å². The van der Waals surface area contributed by atoms with Crippen LogP contribution in [-0.4, -0.2) is 47.4 Å². The number of carboxylic acids is 1. The fourth-order valence-corrected chi connectivity index (χ4v) is 3.23. The Morgan fingerprint density at radius 2 is 2.08 bits per heavy atom. The monoisotopic (exact) mass is 332 g/mol. The van der Waals surface area contributed by atoms with Crippen molar-refractivity contribution in [2.24, 2.45) is 5.92 Å². The van der Waals surface area contributed by atoms with Crippen LogP contribution in [0.1, 0.15) is 42.1 Å². The lowest BCUT2D eigenvalue weighted by atomic mass is 9.90. The van der Waals surface area contributed by atoms with Gasteiger partial charge in [-0.05, 0) is 43.9 Å². The molecule has 0 saturated carbocycles. The molecule has 1 aromatic carbocycles. The maximum atomic E-state index is 12.5. The van der Waals surface area contributed by atoms with Crippen LogP contribution in [0.5, 0.6) is 0 Å². The first-order chi connectivity index (χ1) is 11.4. The zero-order valence-electron chi connectivity index (χ0n) is 14.1. The lowest BCUT2D eigenvalue weighted by Crippen LogP contribution is -2.49. The largest absolute Gasteiger partial charge is 0.481 e. The number of hydrogen-bond acceptors (Lipinski definition) is 3. The average Bonchev–Trinajstić information content (AvgIpc) is 2.59. The number of carbonyl (C=O) groups excluding carboxylic acids is 2. The molecule has 0 aliphatic carbocycles. The third kappa shape index (κ3) is 4.13. The zero-order valence-corrected chi connectivity index (χ0v) is 14.1. The van der Waals surface area contributed by atoms with Crippen LogP contribution >= 0.6 is 0 Å². The summed E-state index contributed by atoms with van der Waals surface area (Å²) in [5.74, 6) is -1.51. The fourth-order valence-electron chi connectivity index (χ4n) is 3.23. The maximum absolute atomic E-state index is 12.5. The molecule has 0 unspecified atom stereocenters. The molecule has 2 rings (SSSR count). The van der Waals surface area contributed by atoms with E-state index in [0.717, 1.165) is 12.0 Å². The van der Waals surface area contributed by atoms with Gasteiger partial charge in [-0.25, -0.2) is 0 Å². The molecule has 1 aliphatic heterocycles. The van der Waals surface area contributed by atoms with Crippen molar-refractivity contribution >= 4 is 17.8 Å². The highest BCUT2D eigenvalue weighted by Gasteiger charge is 2.34. The van der Waals surface area contributed by atoms with E-state index < -0.39 is 11.9 Å². The minimum atomic E-state index is -0.835. The average molecular weight is 332 g/mol. The highest BCUT2D eigenvalue weighted by atomic mass is 16.4. The molecule has 0 bridgehead atoms. The second-order valence-corrected chi connectivity index (χ2v) is 6.19. The van der Waals surface area contributed by atoms with Gasteiger partial charge < -0.3 is 15.3 Å². The Kier molecular flexibility index (Phi) is 5.95. The number of rotatable bonds is 5. The van der Waals surface area contributed by atoms with E-state index in [1.165, 1.54) is 0 Å². The first kappa shape index (κ1) is 18.0. The number of nitrogens with zero attached hydrogens (tertiary/aromatic N) is 1. The van der Waals surface area contributed by atoms with Crippen molar-refractivity contribution in [3.05, 3.63) is 35.4 Å². The molecule has 2 amide bonds. The molecule has 130 valence electrons. The first-order valence-electron chi connectivity index (χ1n) is 8.27. The Morgan fingerprint density at radius 1 is 1.33 bits per heavy atom. The highest BCUT2D eigenvalue weighted by molar-refractivity contribution is 5.94. The summed E-state index contributed by atoms with van der Waals surface area (Å²) in [5.41, 5.74) is 1.49. The number of benzene rings is 1. The third-order valence-corrected chi connectivity index (χ3v) is 4.67. The quantitative estimate of drug-likeness (QED) is 0.859. The summed E-state index contributed by atoms with van der Waals surface area (Å²) in [6.07, 6.45) is 2.19. The molecule has 2 atom stereocenters. The van der Waals surface area contributed by atoms with Gasteiger partial charge in [-0.2, -0.15) is 0 Å². The van der Waals surface area contributed by atoms with Crippen molar-refractivity contribution in [1.29, 1.82) is 0 Å². The Labute approximate surface area is 141 Å². The van der Waals surface area contributed by atoms with Crippen LogP contribution in [0.3, 0.4) is 0 Å². The van der Waals surface area contributed by atoms with Gasteiger partial charge in [0.25, 0.3) is 5.91 Å². The van der Waals surface area contributed by atoms with Crippen molar-refractivity contribution in [2.45, 2.75) is 38.6 Å². The summed E-state index contributed by atoms with van der Waals surface area (Å²) in [7, 11) is 1.58. The molecular formula is C18H24N2O4. The van der Waals surface area contributed by atoms with Crippen LogP contribution in [0.15, 0.2) is 24.3 Å². The van der Waals surface area contributed by atoms with Gasteiger partial charge in [0.2, 0.25) is 5.91 Å². The Balaban J connectivity index is 1.98. The molecule has 0 aromatic heterocycles. The van der Waals surface area contributed by atoms with E-state index in [9.17, 15) is 19.5 Å². The Hall–Kier alpha value is -2.37. The first-order valence-corrected chi connectivity index (χ1v) is 8.27. The molecule has 0 radical (unpaired) electrons. The van der Waals surface area contributed by atoms with Gasteiger partial charge >= 0.3 is 5.97 Å². The van der Waals surface area contributed by atoms with Gasteiger partial charge in [-0.1, -0.05) is 12.1 Å². The van der Waals surface area contributed by atoms with Crippen LogP contribution in [0.25, 0.3) is 0 Å². The molecule has 1 aliphatic rings. The molecule has 0 spiro atoms. The predicted molar refractivity (Wildman–Crippen MR) is 89.7 cm³/mol. The molecule has 1 aromatic rings. The van der Waals surface area contributed by atoms with Crippen molar-refractivity contribution in [3.8, 4) is 0 Å². The van der Waals surface area contributed by atoms with E-state index >= 15 is 0 Å². The van der Waals surface area contributed by atoms with E-state index in [4.69, 9.17) is 0 Å². The molecular weight excluding hydrogens is 308 g/mol. The van der Waals surface area contributed by atoms with E-state index in [1.54, 1.807) is 30.1 Å². The molecule has 1 saturated heterocycles. The summed E-state index contributed by atoms with van der Waals surface area (Å²) < 4.78 is 0. The van der Waals surface area contributed by atoms with E-state index in [2.05, 4.69) is 5.32 Å². The van der Waals surface area contributed by atoms with Crippen LogP contribution in [0.2, 0.25) is 0 Å². The highest BCUT2D eigenvalue weighted by Crippen LogP contribution is 2.24. The van der Waals surface area contributed by atoms with E-state index in [0.29, 0.717) is 31.4 Å². The second kappa shape index (κ2) is 7.95. The number of hydrogen-bond donors (Lipinski definition) is 2. The summed E-state index contributed by atoms with van der Waals surface area (Å²) in [6.45, 7) is 2.42. The molecule has 1 heterocycles. The molecule has 1 fully saturated rings. The van der Waals surface area contributed by atoms with Gasteiger partial charge in [0.15, 0.2) is 0 Å². The summed E-state index contributed by atoms with van der Waals surface area (Å²) in [4.78, 5) is 37.1. The molecule has 24 heavy (non-hydrogen) atoms. The van der Waals surface area contributed by atoms with Crippen LogP contribution in [-0.2, 0) is 16.0 Å². The van der Waals surface area contributed by atoms with Gasteiger partial charge in [-0.3, -0.25) is 14.4 Å². The van der Waals surface area contributed by atoms with Crippen molar-refractivity contribution in [1.82, 2.24) is 10.2 Å². The number of aryl methyl sites for hydroxylation is 1. The minimum absolute atomic E-state index is 0.0289. The van der Waals surface area contributed by atoms with Crippen molar-refractivity contribution in [2.75, 3.05) is 13.6 Å². The van der Waals surface area contributed by atoms with Gasteiger partial charge in [0.1, 0.15) is 0 Å². The van der Waals surface area contributed by atoms with Crippen molar-refractivity contribution in [3.63, 3.8) is 0 Å². The normalized spacial score (nSPS) is 20.5. The van der Waals surface area contributed by atoms with Gasteiger partial charge in [0, 0.05) is 31.6 Å². The minimum Gasteiger partial charge on any atom is -0.481 e. The lowest BCUT2D eigenvalue weighted by Gasteiger charge is -2.37. The third-order valence-electron chi connectivity index (χ3n) is 4.67. The number of piperidine rings is 1. The molecule has 2 N–H and O–H groups in total. The number of carbonyl (C=O) groups is 3. The predicted octanol–water partition coefficient (Wildman–Crippen LogP) is 1.69. The molecule has 6 heteroatoms. The SMILES string of the molecule is CNC(=O)c1cccc(CCC(=O)N2CCC[C@H](C(=O)O)[C@@H]2C)c1. The van der Waals surface area contributed by atoms with E-state index in [1.807, 2.05) is 13.0 Å². The second-order valence-electron chi connectivity index (χ2n) is 6.19. The van der Waals surface area contributed by atoms with Gasteiger partial charge in [-0.15, -0.1) is 0 Å². The fraction of sp³-hybridized carbons (Fsp3) is 0.500. The van der Waals surface area contributed by atoms with Crippen LogP contribution in [0, 0.1) is 5.92 Å². The Morgan fingerprint density at radius 3 is 2.75 bits per heavy atom. The summed E-state index contributed by atoms with van der Waals surface area (Å²) in [6, 6.07) is 6.93. The summed E-state index contributed by atoms with van der Waals surface area (Å²) >= 11 is 0. The smallest absolute Gasteiger partial charge is 0.308 e. The lowest BCUT2D eigenvalue weighted by molar-refractivity contribution is -0.149. The number of likely N-dealkylation sites (tertiary alicyclic amines) is 1. The maximum Gasteiger partial charge on any atom is 0.308 e. The standard InChI is InChI=1S/C18H24N2O4/c1-12-15(18(23)24)7-4-10-20(12)16(21)9-8-13-5-3-6-14(11-13)17(22)19-2/h3,5-6,11-12,15H,4,7-10H2,1-2H3,(H,19,22)(H,23,24)/t12-,15-/m0/s1. The zero-order chi connectivity index (χ0) is 17.7. The van der Waals surface area contributed by atoms with Crippen molar-refractivity contribution < 1.29 is 19.5 Å². The number of aliphatic carboxylic acids is 1.